The van der Waals surface area contributed by atoms with E-state index in [2.05, 4.69) is 32.1 Å². The van der Waals surface area contributed by atoms with Gasteiger partial charge in [-0.1, -0.05) is 26.3 Å². The van der Waals surface area contributed by atoms with Crippen molar-refractivity contribution in [2.75, 3.05) is 13.1 Å². The van der Waals surface area contributed by atoms with Gasteiger partial charge in [0.05, 0.1) is 11.3 Å². The maximum atomic E-state index is 16.3. The van der Waals surface area contributed by atoms with Crippen LogP contribution in [0, 0.1) is 11.7 Å². The average Bonchev–Trinajstić information content (AvgIpc) is 2.84. The van der Waals surface area contributed by atoms with Gasteiger partial charge in [0, 0.05) is 42.9 Å². The molecule has 2 aromatic rings. The summed E-state index contributed by atoms with van der Waals surface area (Å²) in [4.78, 5) is 28.3. The van der Waals surface area contributed by atoms with E-state index in [1.807, 2.05) is 27.7 Å². The molecule has 3 aliphatic rings. The van der Waals surface area contributed by atoms with Crippen molar-refractivity contribution in [2.45, 2.75) is 72.9 Å². The third-order valence-corrected chi connectivity index (χ3v) is 7.71. The number of nitrogens with zero attached hydrogens (tertiary/aromatic N) is 4. The lowest BCUT2D eigenvalue weighted by Gasteiger charge is -2.31. The summed E-state index contributed by atoms with van der Waals surface area (Å²) >= 11 is 6.20. The Hall–Kier alpha value is -2.84. The molecule has 1 aliphatic carbocycles. The van der Waals surface area contributed by atoms with Gasteiger partial charge < -0.3 is 10.1 Å². The molecule has 7 nitrogen and oxygen atoms in total. The smallest absolute Gasteiger partial charge is 0.258 e. The third-order valence-electron chi connectivity index (χ3n) is 7.54. The van der Waals surface area contributed by atoms with Crippen LogP contribution in [0.1, 0.15) is 69.8 Å². The molecule has 0 aromatic carbocycles. The van der Waals surface area contributed by atoms with Crippen molar-refractivity contribution in [3.05, 3.63) is 56.4 Å². The first-order valence-electron chi connectivity index (χ1n) is 13.0. The number of amides is 1. The van der Waals surface area contributed by atoms with E-state index in [0.717, 1.165) is 59.5 Å². The SMILES string of the molecule is CCN1CCc2nc(Cl)nc(Oc3ncc4c(c3F)C(C(C)C)=C(C3=C(C)CC(C)NC3=O)CC4)c2C1. The average molecular weight is 526 g/mol. The van der Waals surface area contributed by atoms with Crippen LogP contribution in [0.2, 0.25) is 5.28 Å². The molecule has 4 heterocycles. The zero-order valence-corrected chi connectivity index (χ0v) is 22.8. The summed E-state index contributed by atoms with van der Waals surface area (Å²) in [5, 5.41) is 3.12. The molecule has 37 heavy (non-hydrogen) atoms. The number of ether oxygens (including phenoxy) is 1. The number of hydrogen-bond acceptors (Lipinski definition) is 6. The first-order chi connectivity index (χ1) is 17.7. The molecular weight excluding hydrogens is 493 g/mol. The maximum absolute atomic E-state index is 16.3. The summed E-state index contributed by atoms with van der Waals surface area (Å²) in [7, 11) is 0. The van der Waals surface area contributed by atoms with Gasteiger partial charge in [-0.05, 0) is 73.9 Å². The molecule has 2 aliphatic heterocycles. The highest BCUT2D eigenvalue weighted by Gasteiger charge is 2.34. The fourth-order valence-corrected chi connectivity index (χ4v) is 6.03. The van der Waals surface area contributed by atoms with Crippen molar-refractivity contribution < 1.29 is 13.9 Å². The summed E-state index contributed by atoms with van der Waals surface area (Å²) < 4.78 is 22.3. The van der Waals surface area contributed by atoms with E-state index in [0.29, 0.717) is 30.5 Å². The van der Waals surface area contributed by atoms with Gasteiger partial charge in [-0.15, -0.1) is 0 Å². The Morgan fingerprint density at radius 3 is 2.73 bits per heavy atom. The van der Waals surface area contributed by atoms with Crippen LogP contribution in [0.4, 0.5) is 4.39 Å². The summed E-state index contributed by atoms with van der Waals surface area (Å²) in [5.41, 5.74) is 6.43. The molecule has 1 amide bonds. The second kappa shape index (κ2) is 10.1. The summed E-state index contributed by atoms with van der Waals surface area (Å²) in [6, 6.07) is 0.0883. The van der Waals surface area contributed by atoms with Crippen LogP contribution in [-0.4, -0.2) is 44.9 Å². The standard InChI is InChI=1S/C28H33ClFN5O2/c1-6-35-10-9-20-19(13-35)26(34-28(29)33-20)37-27-24(30)23-17(12-31-27)7-8-18(21(23)14(2)3)22-15(4)11-16(5)32-25(22)36/h12,14,16H,6-11,13H2,1-5H3,(H,32,36). The highest BCUT2D eigenvalue weighted by atomic mass is 35.5. The van der Waals surface area contributed by atoms with Crippen molar-refractivity contribution in [2.24, 2.45) is 5.92 Å². The van der Waals surface area contributed by atoms with Crippen LogP contribution in [0.15, 0.2) is 22.9 Å². The van der Waals surface area contributed by atoms with Crippen LogP contribution >= 0.6 is 11.6 Å². The minimum atomic E-state index is -0.534. The number of carbonyl (C=O) groups is 1. The van der Waals surface area contributed by atoms with Crippen molar-refractivity contribution in [3.63, 3.8) is 0 Å². The number of aryl methyl sites for hydroxylation is 1. The fourth-order valence-electron chi connectivity index (χ4n) is 5.85. The molecule has 1 atom stereocenters. The molecule has 0 saturated heterocycles. The number of fused-ring (bicyclic) bond motifs is 2. The number of nitrogens with one attached hydrogen (secondary N) is 1. The Bertz CT molecular complexity index is 1340. The number of hydrogen-bond donors (Lipinski definition) is 1. The molecule has 0 saturated carbocycles. The molecule has 5 rings (SSSR count). The number of allylic oxidation sites excluding steroid dienone is 1. The first-order valence-corrected chi connectivity index (χ1v) is 13.4. The monoisotopic (exact) mass is 525 g/mol. The normalized spacial score (nSPS) is 20.2. The lowest BCUT2D eigenvalue weighted by atomic mass is 9.76. The minimum absolute atomic E-state index is 0.00869. The lowest BCUT2D eigenvalue weighted by Crippen LogP contribution is -2.39. The Kier molecular flexibility index (Phi) is 7.07. The van der Waals surface area contributed by atoms with Crippen molar-refractivity contribution in [3.8, 4) is 11.8 Å². The van der Waals surface area contributed by atoms with Gasteiger partial charge in [0.15, 0.2) is 5.82 Å². The maximum Gasteiger partial charge on any atom is 0.258 e. The minimum Gasteiger partial charge on any atom is -0.417 e. The van der Waals surface area contributed by atoms with Gasteiger partial charge in [0.2, 0.25) is 11.2 Å². The van der Waals surface area contributed by atoms with E-state index in [9.17, 15) is 4.79 Å². The molecule has 1 N–H and O–H groups in total. The second-order valence-corrected chi connectivity index (χ2v) is 10.8. The van der Waals surface area contributed by atoms with Gasteiger partial charge in [-0.2, -0.15) is 4.98 Å². The van der Waals surface area contributed by atoms with Gasteiger partial charge in [0.1, 0.15) is 0 Å². The van der Waals surface area contributed by atoms with E-state index in [1.54, 1.807) is 6.20 Å². The van der Waals surface area contributed by atoms with Gasteiger partial charge in [0.25, 0.3) is 11.8 Å². The zero-order chi connectivity index (χ0) is 26.4. The predicted molar refractivity (Wildman–Crippen MR) is 141 cm³/mol. The molecule has 1 unspecified atom stereocenters. The number of likely N-dealkylation sites (N-methyl/N-ethyl adjacent to an activating group) is 1. The van der Waals surface area contributed by atoms with Crippen molar-refractivity contribution in [1.29, 1.82) is 0 Å². The van der Waals surface area contributed by atoms with Crippen LogP contribution < -0.4 is 10.1 Å². The number of carbonyl (C=O) groups excluding carboxylic acids is 1. The van der Waals surface area contributed by atoms with Crippen LogP contribution in [0.5, 0.6) is 11.8 Å². The predicted octanol–water partition coefficient (Wildman–Crippen LogP) is 5.42. The first kappa shape index (κ1) is 25.8. The summed E-state index contributed by atoms with van der Waals surface area (Å²) in [6.07, 6.45) is 4.46. The van der Waals surface area contributed by atoms with Crippen molar-refractivity contribution >= 4 is 23.1 Å². The van der Waals surface area contributed by atoms with Crippen LogP contribution in [0.25, 0.3) is 5.57 Å². The molecule has 196 valence electrons. The van der Waals surface area contributed by atoms with Crippen molar-refractivity contribution in [1.82, 2.24) is 25.2 Å². The molecule has 2 aromatic heterocycles. The summed E-state index contributed by atoms with van der Waals surface area (Å²) in [6.45, 7) is 12.5. The van der Waals surface area contributed by atoms with E-state index in [-0.39, 0.29) is 34.9 Å². The highest BCUT2D eigenvalue weighted by molar-refractivity contribution is 6.28. The Balaban J connectivity index is 1.61. The molecule has 0 radical (unpaired) electrons. The van der Waals surface area contributed by atoms with E-state index < -0.39 is 5.82 Å². The Labute approximate surface area is 222 Å². The van der Waals surface area contributed by atoms with E-state index in [4.69, 9.17) is 16.3 Å². The lowest BCUT2D eigenvalue weighted by molar-refractivity contribution is -0.118. The third kappa shape index (κ3) is 4.77. The van der Waals surface area contributed by atoms with Crippen LogP contribution in [-0.2, 0) is 24.2 Å². The molecule has 0 fully saturated rings. The van der Waals surface area contributed by atoms with Crippen LogP contribution in [0.3, 0.4) is 0 Å². The molecular formula is C28H33ClFN5O2. The Morgan fingerprint density at radius 1 is 1.24 bits per heavy atom. The molecule has 0 spiro atoms. The quantitative estimate of drug-likeness (QED) is 0.525. The largest absolute Gasteiger partial charge is 0.417 e. The number of halogens is 2. The second-order valence-electron chi connectivity index (χ2n) is 10.5. The molecule has 0 bridgehead atoms. The number of pyridine rings is 1. The topological polar surface area (TPSA) is 80.2 Å². The number of rotatable bonds is 5. The zero-order valence-electron chi connectivity index (χ0n) is 22.0. The Morgan fingerprint density at radius 2 is 2.03 bits per heavy atom. The van der Waals surface area contributed by atoms with E-state index >= 15 is 4.39 Å². The number of aromatic nitrogens is 3. The van der Waals surface area contributed by atoms with E-state index in [1.165, 1.54) is 0 Å². The van der Waals surface area contributed by atoms with Gasteiger partial charge in [-0.25, -0.2) is 14.4 Å². The highest BCUT2D eigenvalue weighted by Crippen LogP contribution is 2.44. The fraction of sp³-hybridized carbons (Fsp3) is 0.500. The summed E-state index contributed by atoms with van der Waals surface area (Å²) in [5.74, 6) is -0.527. The van der Waals surface area contributed by atoms with Gasteiger partial charge >= 0.3 is 0 Å². The molecule has 9 heteroatoms. The van der Waals surface area contributed by atoms with Gasteiger partial charge in [-0.3, -0.25) is 9.69 Å².